The molecule has 1 unspecified atom stereocenters. The lowest BCUT2D eigenvalue weighted by atomic mass is 10.0. The first-order chi connectivity index (χ1) is 8.63. The van der Waals surface area contributed by atoms with E-state index in [2.05, 4.69) is 0 Å². The van der Waals surface area contributed by atoms with Crippen LogP contribution >= 0.6 is 0 Å². The van der Waals surface area contributed by atoms with E-state index in [9.17, 15) is 9.59 Å². The number of piperidine rings is 1. The predicted molar refractivity (Wildman–Crippen MR) is 65.5 cm³/mol. The SMILES string of the molecule is NC[C@H]1CC[C@@H](C(=O)N2CCCCC2C(N)=O)O1. The highest BCUT2D eigenvalue weighted by molar-refractivity contribution is 5.89. The molecule has 3 atom stereocenters. The van der Waals surface area contributed by atoms with Gasteiger partial charge in [-0.2, -0.15) is 0 Å². The molecule has 0 aromatic carbocycles. The molecule has 6 nitrogen and oxygen atoms in total. The molecule has 2 aliphatic heterocycles. The van der Waals surface area contributed by atoms with E-state index in [1.165, 1.54) is 0 Å². The number of rotatable bonds is 3. The summed E-state index contributed by atoms with van der Waals surface area (Å²) in [5.41, 5.74) is 10.9. The number of nitrogens with two attached hydrogens (primary N) is 2. The Balaban J connectivity index is 2.00. The molecule has 0 spiro atoms. The van der Waals surface area contributed by atoms with Crippen molar-refractivity contribution in [3.05, 3.63) is 0 Å². The average Bonchev–Trinajstić information content (AvgIpc) is 2.86. The smallest absolute Gasteiger partial charge is 0.252 e. The fourth-order valence-corrected chi connectivity index (χ4v) is 2.74. The van der Waals surface area contributed by atoms with Crippen molar-refractivity contribution in [2.75, 3.05) is 13.1 Å². The summed E-state index contributed by atoms with van der Waals surface area (Å²) in [4.78, 5) is 25.3. The van der Waals surface area contributed by atoms with Gasteiger partial charge in [-0.1, -0.05) is 0 Å². The van der Waals surface area contributed by atoms with E-state index in [0.717, 1.165) is 19.3 Å². The fraction of sp³-hybridized carbons (Fsp3) is 0.833. The summed E-state index contributed by atoms with van der Waals surface area (Å²) in [5, 5.41) is 0. The second kappa shape index (κ2) is 5.67. The van der Waals surface area contributed by atoms with E-state index >= 15 is 0 Å². The highest BCUT2D eigenvalue weighted by Crippen LogP contribution is 2.24. The van der Waals surface area contributed by atoms with E-state index in [1.54, 1.807) is 4.90 Å². The number of ether oxygens (including phenoxy) is 1. The Hall–Kier alpha value is -1.14. The molecule has 2 saturated heterocycles. The van der Waals surface area contributed by atoms with Gasteiger partial charge in [0.15, 0.2) is 0 Å². The maximum atomic E-state index is 12.3. The Morgan fingerprint density at radius 1 is 1.22 bits per heavy atom. The van der Waals surface area contributed by atoms with Crippen molar-refractivity contribution in [1.29, 1.82) is 0 Å². The number of nitrogens with zero attached hydrogens (tertiary/aromatic N) is 1. The first-order valence-electron chi connectivity index (χ1n) is 6.58. The second-order valence-corrected chi connectivity index (χ2v) is 5.01. The zero-order valence-corrected chi connectivity index (χ0v) is 10.5. The minimum Gasteiger partial charge on any atom is -0.368 e. The average molecular weight is 255 g/mol. The van der Waals surface area contributed by atoms with Gasteiger partial charge in [-0.25, -0.2) is 0 Å². The van der Waals surface area contributed by atoms with Crippen molar-refractivity contribution in [1.82, 2.24) is 4.90 Å². The highest BCUT2D eigenvalue weighted by atomic mass is 16.5. The summed E-state index contributed by atoms with van der Waals surface area (Å²) in [6.07, 6.45) is 3.53. The van der Waals surface area contributed by atoms with Gasteiger partial charge in [-0.15, -0.1) is 0 Å². The lowest BCUT2D eigenvalue weighted by Crippen LogP contribution is -2.53. The third kappa shape index (κ3) is 2.64. The maximum absolute atomic E-state index is 12.3. The highest BCUT2D eigenvalue weighted by Gasteiger charge is 2.38. The minimum absolute atomic E-state index is 0.0317. The predicted octanol–water partition coefficient (Wildman–Crippen LogP) is -0.641. The third-order valence-electron chi connectivity index (χ3n) is 3.76. The van der Waals surface area contributed by atoms with Crippen LogP contribution in [0.4, 0.5) is 0 Å². The lowest BCUT2D eigenvalue weighted by Gasteiger charge is -2.35. The van der Waals surface area contributed by atoms with Crippen LogP contribution in [-0.4, -0.2) is 48.1 Å². The molecular weight excluding hydrogens is 234 g/mol. The maximum Gasteiger partial charge on any atom is 0.252 e. The largest absolute Gasteiger partial charge is 0.368 e. The molecule has 18 heavy (non-hydrogen) atoms. The molecular formula is C12H21N3O3. The van der Waals surface area contributed by atoms with Crippen molar-refractivity contribution >= 4 is 11.8 Å². The molecule has 0 bridgehead atoms. The monoisotopic (exact) mass is 255 g/mol. The van der Waals surface area contributed by atoms with Crippen molar-refractivity contribution in [2.45, 2.75) is 50.4 Å². The standard InChI is InChI=1S/C12H21N3O3/c13-7-8-4-5-10(18-8)12(17)15-6-2-1-3-9(15)11(14)16/h8-10H,1-7,13H2,(H2,14,16)/t8-,9?,10+/m1/s1. The van der Waals surface area contributed by atoms with Crippen LogP contribution < -0.4 is 11.5 Å². The molecule has 2 heterocycles. The number of likely N-dealkylation sites (tertiary alicyclic amines) is 1. The Morgan fingerprint density at radius 3 is 2.61 bits per heavy atom. The zero-order chi connectivity index (χ0) is 13.1. The van der Waals surface area contributed by atoms with Crippen LogP contribution in [0.15, 0.2) is 0 Å². The Bertz CT molecular complexity index is 335. The summed E-state index contributed by atoms with van der Waals surface area (Å²) >= 11 is 0. The van der Waals surface area contributed by atoms with Crippen LogP contribution in [0.5, 0.6) is 0 Å². The van der Waals surface area contributed by atoms with Gasteiger partial charge in [-0.05, 0) is 32.1 Å². The van der Waals surface area contributed by atoms with Gasteiger partial charge >= 0.3 is 0 Å². The van der Waals surface area contributed by atoms with Crippen LogP contribution in [0.2, 0.25) is 0 Å². The molecule has 0 aromatic heterocycles. The molecule has 0 saturated carbocycles. The van der Waals surface area contributed by atoms with Crippen LogP contribution in [-0.2, 0) is 14.3 Å². The van der Waals surface area contributed by atoms with Crippen LogP contribution in [0.25, 0.3) is 0 Å². The van der Waals surface area contributed by atoms with Gasteiger partial charge in [0.05, 0.1) is 6.10 Å². The van der Waals surface area contributed by atoms with E-state index < -0.39 is 18.1 Å². The van der Waals surface area contributed by atoms with Gasteiger partial charge in [0, 0.05) is 13.1 Å². The summed E-state index contributed by atoms with van der Waals surface area (Å²) < 4.78 is 5.59. The van der Waals surface area contributed by atoms with Crippen molar-refractivity contribution < 1.29 is 14.3 Å². The zero-order valence-electron chi connectivity index (χ0n) is 10.5. The number of hydrogen-bond acceptors (Lipinski definition) is 4. The second-order valence-electron chi connectivity index (χ2n) is 5.01. The Morgan fingerprint density at radius 2 is 2.00 bits per heavy atom. The fourth-order valence-electron chi connectivity index (χ4n) is 2.74. The third-order valence-corrected chi connectivity index (χ3v) is 3.76. The van der Waals surface area contributed by atoms with Crippen LogP contribution in [0.3, 0.4) is 0 Å². The van der Waals surface area contributed by atoms with Crippen molar-refractivity contribution in [3.63, 3.8) is 0 Å². The van der Waals surface area contributed by atoms with Gasteiger partial charge < -0.3 is 21.1 Å². The molecule has 2 aliphatic rings. The first kappa shape index (κ1) is 13.3. The number of carbonyl (C=O) groups is 2. The lowest BCUT2D eigenvalue weighted by molar-refractivity contribution is -0.150. The van der Waals surface area contributed by atoms with E-state index in [0.29, 0.717) is 25.9 Å². The molecule has 2 rings (SSSR count). The molecule has 0 aromatic rings. The van der Waals surface area contributed by atoms with Gasteiger partial charge in [-0.3, -0.25) is 9.59 Å². The molecule has 4 N–H and O–H groups in total. The van der Waals surface area contributed by atoms with Crippen LogP contribution in [0.1, 0.15) is 32.1 Å². The topological polar surface area (TPSA) is 98.7 Å². The molecule has 0 aliphatic carbocycles. The van der Waals surface area contributed by atoms with E-state index in [4.69, 9.17) is 16.2 Å². The number of amides is 2. The summed E-state index contributed by atoms with van der Waals surface area (Å²) in [7, 11) is 0. The molecule has 6 heteroatoms. The molecule has 2 amide bonds. The minimum atomic E-state index is -0.466. The number of carbonyl (C=O) groups excluding carboxylic acids is 2. The number of hydrogen-bond donors (Lipinski definition) is 2. The van der Waals surface area contributed by atoms with Crippen LogP contribution in [0, 0.1) is 0 Å². The molecule has 102 valence electrons. The molecule has 2 fully saturated rings. The summed E-state index contributed by atoms with van der Waals surface area (Å²) in [6, 6.07) is -0.466. The van der Waals surface area contributed by atoms with Gasteiger partial charge in [0.2, 0.25) is 5.91 Å². The van der Waals surface area contributed by atoms with Crippen molar-refractivity contribution in [2.24, 2.45) is 11.5 Å². The summed E-state index contributed by atoms with van der Waals surface area (Å²) in [5.74, 6) is -0.522. The molecule has 0 radical (unpaired) electrons. The normalized spacial score (nSPS) is 32.5. The van der Waals surface area contributed by atoms with Gasteiger partial charge in [0.25, 0.3) is 5.91 Å². The Labute approximate surface area is 107 Å². The van der Waals surface area contributed by atoms with Gasteiger partial charge in [0.1, 0.15) is 12.1 Å². The van der Waals surface area contributed by atoms with E-state index in [1.807, 2.05) is 0 Å². The number of primary amides is 1. The summed E-state index contributed by atoms with van der Waals surface area (Å²) in [6.45, 7) is 1.03. The first-order valence-corrected chi connectivity index (χ1v) is 6.58. The Kier molecular flexibility index (Phi) is 4.19. The quantitative estimate of drug-likeness (QED) is 0.700. The van der Waals surface area contributed by atoms with E-state index in [-0.39, 0.29) is 12.0 Å². The van der Waals surface area contributed by atoms with Crippen molar-refractivity contribution in [3.8, 4) is 0 Å².